The van der Waals surface area contributed by atoms with Gasteiger partial charge >= 0.3 is 94.9 Å². The minimum atomic E-state index is 1.11. The average molecular weight is 205 g/mol. The fourth-order valence-corrected chi connectivity index (χ4v) is 2.27. The van der Waals surface area contributed by atoms with Gasteiger partial charge in [-0.1, -0.05) is 0 Å². The molecule has 0 aliphatic carbocycles. The van der Waals surface area contributed by atoms with Crippen molar-refractivity contribution in [3.63, 3.8) is 0 Å². The van der Waals surface area contributed by atoms with E-state index in [9.17, 15) is 0 Å². The van der Waals surface area contributed by atoms with Gasteiger partial charge in [-0.3, -0.25) is 0 Å². The first-order valence-electron chi connectivity index (χ1n) is 5.51. The van der Waals surface area contributed by atoms with Gasteiger partial charge in [0.1, 0.15) is 0 Å². The third-order valence-electron chi connectivity index (χ3n) is 3.20. The predicted octanol–water partition coefficient (Wildman–Crippen LogP) is 3.34. The molecule has 0 bridgehead atoms. The molecule has 0 unspecified atom stereocenters. The summed E-state index contributed by atoms with van der Waals surface area (Å²) >= 11 is 0. The average Bonchev–Trinajstić information content (AvgIpc) is 2.30. The van der Waals surface area contributed by atoms with Crippen LogP contribution in [0.4, 0.5) is 0 Å². The van der Waals surface area contributed by atoms with Gasteiger partial charge in [-0.05, 0) is 0 Å². The Hall–Kier alpha value is -1.70. The standard InChI is InChI=1S/C14H12BN/c1-9-5-7-15-13-11(9)3-4-12-10(2)6-8-16-14(12)13/h3-8H,1-2H3. The monoisotopic (exact) mass is 205 g/mol. The number of fused-ring (bicyclic) bond motifs is 3. The molecule has 76 valence electrons. The van der Waals surface area contributed by atoms with Gasteiger partial charge in [-0.2, -0.15) is 0 Å². The maximum atomic E-state index is 4.51. The van der Waals surface area contributed by atoms with Crippen LogP contribution in [0.2, 0.25) is 0 Å². The summed E-state index contributed by atoms with van der Waals surface area (Å²) in [4.78, 5) is 4.51. The molecule has 0 amide bonds. The van der Waals surface area contributed by atoms with E-state index in [1.807, 2.05) is 6.20 Å². The summed E-state index contributed by atoms with van der Waals surface area (Å²) in [7, 11) is 0. The minimum absolute atomic E-state index is 1.11. The molecule has 0 atom stereocenters. The van der Waals surface area contributed by atoms with Crippen LogP contribution in [0.15, 0.2) is 36.4 Å². The molecule has 0 saturated heterocycles. The van der Waals surface area contributed by atoms with Gasteiger partial charge in [0.15, 0.2) is 0 Å². The van der Waals surface area contributed by atoms with Crippen molar-refractivity contribution in [2.24, 2.45) is 0 Å². The third-order valence-corrected chi connectivity index (χ3v) is 3.20. The van der Waals surface area contributed by atoms with Crippen molar-refractivity contribution in [2.45, 2.75) is 13.8 Å². The van der Waals surface area contributed by atoms with Crippen LogP contribution in [-0.4, -0.2) is 11.9 Å². The number of pyridine rings is 1. The van der Waals surface area contributed by atoms with Crippen LogP contribution in [0, 0.1) is 13.8 Å². The fourth-order valence-electron chi connectivity index (χ4n) is 2.27. The fraction of sp³-hybridized carbons (Fsp3) is 0.143. The van der Waals surface area contributed by atoms with Gasteiger partial charge in [0.25, 0.3) is 0 Å². The van der Waals surface area contributed by atoms with E-state index >= 15 is 0 Å². The van der Waals surface area contributed by atoms with Crippen LogP contribution in [-0.2, 0) is 0 Å². The molecule has 0 radical (unpaired) electrons. The van der Waals surface area contributed by atoms with Crippen molar-refractivity contribution in [3.8, 4) is 0 Å². The molecule has 2 aromatic heterocycles. The summed E-state index contributed by atoms with van der Waals surface area (Å²) in [6, 6.07) is 8.57. The van der Waals surface area contributed by atoms with Gasteiger partial charge in [0.05, 0.1) is 0 Å². The van der Waals surface area contributed by atoms with E-state index in [1.165, 1.54) is 27.2 Å². The van der Waals surface area contributed by atoms with Crippen molar-refractivity contribution < 1.29 is 0 Å². The van der Waals surface area contributed by atoms with E-state index in [1.54, 1.807) is 0 Å². The molecule has 3 rings (SSSR count). The molecule has 2 heteroatoms. The SMILES string of the molecule is Cc1ccbc2c1ccc1c(C)ccnc12. The Morgan fingerprint density at radius 1 is 0.938 bits per heavy atom. The molecule has 1 nitrogen and oxygen atoms in total. The van der Waals surface area contributed by atoms with Crippen LogP contribution >= 0.6 is 0 Å². The van der Waals surface area contributed by atoms with Gasteiger partial charge in [-0.15, -0.1) is 0 Å². The zero-order valence-electron chi connectivity index (χ0n) is 9.49. The molecule has 0 N–H and O–H groups in total. The molecule has 0 aliphatic heterocycles. The molecule has 1 aromatic carbocycles. The van der Waals surface area contributed by atoms with E-state index in [-0.39, 0.29) is 0 Å². The van der Waals surface area contributed by atoms with Gasteiger partial charge < -0.3 is 0 Å². The predicted molar refractivity (Wildman–Crippen MR) is 70.1 cm³/mol. The number of hydrogen-bond donors (Lipinski definition) is 0. The second kappa shape index (κ2) is 3.41. The van der Waals surface area contributed by atoms with Crippen molar-refractivity contribution >= 4 is 28.5 Å². The summed E-state index contributed by atoms with van der Waals surface area (Å²) in [5.74, 6) is 2.10. The van der Waals surface area contributed by atoms with E-state index in [0.717, 1.165) is 5.52 Å². The first-order valence-corrected chi connectivity index (χ1v) is 5.51. The van der Waals surface area contributed by atoms with Crippen LogP contribution < -0.4 is 0 Å². The Labute approximate surface area is 95.3 Å². The number of nitrogens with zero attached hydrogens (tertiary/aromatic N) is 1. The molecule has 3 aromatic rings. The second-order valence-corrected chi connectivity index (χ2v) is 4.26. The van der Waals surface area contributed by atoms with Crippen molar-refractivity contribution in [1.82, 2.24) is 4.98 Å². The molecule has 0 spiro atoms. The quantitative estimate of drug-likeness (QED) is 0.513. The summed E-state index contributed by atoms with van der Waals surface area (Å²) in [6.07, 6.45) is 1.89. The Morgan fingerprint density at radius 2 is 1.69 bits per heavy atom. The number of aromatic nitrogens is 1. The first-order chi connectivity index (χ1) is 7.77. The van der Waals surface area contributed by atoms with Crippen molar-refractivity contribution in [2.75, 3.05) is 0 Å². The Bertz CT molecular complexity index is 628. The van der Waals surface area contributed by atoms with Crippen LogP contribution in [0.3, 0.4) is 0 Å². The Morgan fingerprint density at radius 3 is 2.56 bits per heavy atom. The van der Waals surface area contributed by atoms with Crippen LogP contribution in [0.5, 0.6) is 0 Å². The normalized spacial score (nSPS) is 10.9. The van der Waals surface area contributed by atoms with E-state index in [4.69, 9.17) is 0 Å². The van der Waals surface area contributed by atoms with E-state index in [2.05, 4.69) is 56.0 Å². The first kappa shape index (κ1) is 9.53. The Kier molecular flexibility index (Phi) is 2.03. The number of benzene rings is 1. The molecule has 0 aliphatic rings. The summed E-state index contributed by atoms with van der Waals surface area (Å²) in [6.45, 7) is 6.42. The second-order valence-electron chi connectivity index (χ2n) is 4.26. The van der Waals surface area contributed by atoms with Gasteiger partial charge in [0, 0.05) is 0 Å². The molecule has 16 heavy (non-hydrogen) atoms. The van der Waals surface area contributed by atoms with E-state index < -0.39 is 0 Å². The maximum absolute atomic E-state index is 4.51. The van der Waals surface area contributed by atoms with Crippen molar-refractivity contribution in [3.05, 3.63) is 47.6 Å². The zero-order chi connectivity index (χ0) is 11.1. The van der Waals surface area contributed by atoms with Crippen molar-refractivity contribution in [1.29, 1.82) is 0 Å². The van der Waals surface area contributed by atoms with Crippen LogP contribution in [0.25, 0.3) is 21.6 Å². The number of aryl methyl sites for hydroxylation is 2. The zero-order valence-corrected chi connectivity index (χ0v) is 9.49. The molecular weight excluding hydrogens is 193 g/mol. The summed E-state index contributed by atoms with van der Waals surface area (Å²) < 4.78 is 0. The third kappa shape index (κ3) is 1.26. The summed E-state index contributed by atoms with van der Waals surface area (Å²) in [5.41, 5.74) is 3.71. The molecule has 2 heterocycles. The molecule has 0 saturated carbocycles. The van der Waals surface area contributed by atoms with Gasteiger partial charge in [0.2, 0.25) is 0 Å². The van der Waals surface area contributed by atoms with E-state index in [0.29, 0.717) is 0 Å². The molecule has 0 fully saturated rings. The number of rotatable bonds is 0. The van der Waals surface area contributed by atoms with Crippen LogP contribution in [0.1, 0.15) is 11.1 Å². The molecular formula is C14H12BN. The Balaban J connectivity index is 2.60. The number of hydrogen-bond acceptors (Lipinski definition) is 1. The summed E-state index contributed by atoms with van der Waals surface area (Å²) in [5, 5.41) is 3.80. The van der Waals surface area contributed by atoms with Gasteiger partial charge in [-0.25, -0.2) is 0 Å². The topological polar surface area (TPSA) is 12.9 Å².